The Kier molecular flexibility index (Phi) is 11.2. The van der Waals surface area contributed by atoms with Crippen molar-refractivity contribution < 1.29 is 29.0 Å². The van der Waals surface area contributed by atoms with E-state index in [0.717, 1.165) is 35.1 Å². The predicted molar refractivity (Wildman–Crippen MR) is 185 cm³/mol. The molecule has 1 aliphatic rings. The van der Waals surface area contributed by atoms with Crippen LogP contribution < -0.4 is 16.0 Å². The number of benzene rings is 2. The Labute approximate surface area is 289 Å². The first-order chi connectivity index (χ1) is 23.8. The van der Waals surface area contributed by atoms with Gasteiger partial charge in [-0.3, -0.25) is 9.59 Å². The van der Waals surface area contributed by atoms with Crippen molar-refractivity contribution in [2.24, 2.45) is 11.8 Å². The van der Waals surface area contributed by atoms with Crippen LogP contribution in [0, 0.1) is 18.8 Å². The minimum atomic E-state index is -1.09. The highest BCUT2D eigenvalue weighted by Gasteiger charge is 2.30. The number of carboxylic acid groups (broad SMARTS) is 1. The van der Waals surface area contributed by atoms with Crippen LogP contribution in [0.25, 0.3) is 22.5 Å². The lowest BCUT2D eigenvalue weighted by Gasteiger charge is -2.29. The number of carboxylic acids is 1. The van der Waals surface area contributed by atoms with Crippen LogP contribution in [0.3, 0.4) is 0 Å². The van der Waals surface area contributed by atoms with E-state index in [1.165, 1.54) is 6.07 Å². The van der Waals surface area contributed by atoms with Crippen molar-refractivity contribution in [1.29, 1.82) is 0 Å². The highest BCUT2D eigenvalue weighted by molar-refractivity contribution is 5.97. The lowest BCUT2D eigenvalue weighted by Crippen LogP contribution is -2.48. The molecule has 0 aliphatic heterocycles. The Balaban J connectivity index is 1.25. The van der Waals surface area contributed by atoms with Crippen LogP contribution in [0.5, 0.6) is 0 Å². The van der Waals surface area contributed by atoms with E-state index in [-0.39, 0.29) is 35.8 Å². The number of carbonyl (C=O) groups excluding carboxylic acids is 3. The summed E-state index contributed by atoms with van der Waals surface area (Å²) in [7, 11) is 0. The molecule has 1 aliphatic carbocycles. The molecule has 2 aromatic heterocycles. The smallest absolute Gasteiger partial charge is 0.407 e. The van der Waals surface area contributed by atoms with E-state index in [0.29, 0.717) is 36.6 Å². The molecule has 0 bridgehead atoms. The van der Waals surface area contributed by atoms with Crippen molar-refractivity contribution in [1.82, 2.24) is 36.2 Å². The number of aromatic amines is 1. The van der Waals surface area contributed by atoms with Crippen LogP contribution in [-0.2, 0) is 20.7 Å². The number of nitrogens with one attached hydrogen (secondary N) is 4. The standard InChI is InChI=1S/C36H42N8O6/c1-21-28(17-18-29(38-21)34(47)48)24-9-5-22(6-10-24)19-30(33(46)39-27-15-13-25(14-16-27)31-41-43-44-42-31)40-32(45)26-11-7-23(8-12-26)20-37-35(49)50-36(2,3)4/h5-6,9-10,13-18,23,26,30H,7-8,11-12,19-20H2,1-4H3,(H,37,49)(H,39,46)(H,40,45)(H,47,48)(H,41,42,43,44)/t23?,26?,30-/m0/s1. The number of pyridine rings is 1. The zero-order valence-electron chi connectivity index (χ0n) is 28.5. The molecule has 4 aromatic rings. The summed E-state index contributed by atoms with van der Waals surface area (Å²) < 4.78 is 5.33. The molecule has 262 valence electrons. The van der Waals surface area contributed by atoms with Gasteiger partial charge in [0.1, 0.15) is 17.3 Å². The van der Waals surface area contributed by atoms with Gasteiger partial charge in [-0.1, -0.05) is 30.3 Å². The zero-order valence-corrected chi connectivity index (χ0v) is 28.5. The van der Waals surface area contributed by atoms with E-state index in [1.807, 2.05) is 45.0 Å². The van der Waals surface area contributed by atoms with Crippen molar-refractivity contribution in [3.8, 4) is 22.5 Å². The fraction of sp³-hybridized carbons (Fsp3) is 0.389. The predicted octanol–water partition coefficient (Wildman–Crippen LogP) is 4.93. The van der Waals surface area contributed by atoms with Gasteiger partial charge in [-0.05, 0) is 106 Å². The average Bonchev–Trinajstić information content (AvgIpc) is 3.62. The van der Waals surface area contributed by atoms with Crippen LogP contribution in [0.1, 0.15) is 68.2 Å². The first-order valence-electron chi connectivity index (χ1n) is 16.6. The van der Waals surface area contributed by atoms with Crippen molar-refractivity contribution in [3.63, 3.8) is 0 Å². The van der Waals surface area contributed by atoms with E-state index in [4.69, 9.17) is 4.74 Å². The zero-order chi connectivity index (χ0) is 35.8. The number of hydrogen-bond donors (Lipinski definition) is 5. The quantitative estimate of drug-likeness (QED) is 0.144. The minimum Gasteiger partial charge on any atom is -0.477 e. The molecule has 2 aromatic carbocycles. The van der Waals surface area contributed by atoms with E-state index in [1.54, 1.807) is 37.3 Å². The number of hydrogen-bond acceptors (Lipinski definition) is 9. The highest BCUT2D eigenvalue weighted by Crippen LogP contribution is 2.29. The maximum absolute atomic E-state index is 13.7. The van der Waals surface area contributed by atoms with Gasteiger partial charge < -0.3 is 25.8 Å². The molecule has 5 rings (SSSR count). The second-order valence-electron chi connectivity index (χ2n) is 13.5. The monoisotopic (exact) mass is 682 g/mol. The molecular formula is C36H42N8O6. The number of H-pyrrole nitrogens is 1. The van der Waals surface area contributed by atoms with Crippen LogP contribution in [0.15, 0.2) is 60.7 Å². The number of aromatic nitrogens is 5. The largest absolute Gasteiger partial charge is 0.477 e. The number of carbonyl (C=O) groups is 4. The minimum absolute atomic E-state index is 0.0251. The number of tetrazole rings is 1. The Bertz CT molecular complexity index is 1800. The van der Waals surface area contributed by atoms with Crippen LogP contribution in [0.2, 0.25) is 0 Å². The number of amides is 3. The van der Waals surface area contributed by atoms with Gasteiger partial charge in [0.15, 0.2) is 0 Å². The fourth-order valence-corrected chi connectivity index (χ4v) is 5.93. The Morgan fingerprint density at radius 2 is 1.62 bits per heavy atom. The second kappa shape index (κ2) is 15.7. The van der Waals surface area contributed by atoms with Gasteiger partial charge in [0.05, 0.1) is 0 Å². The number of alkyl carbamates (subject to hydrolysis) is 1. The summed E-state index contributed by atoms with van der Waals surface area (Å²) in [4.78, 5) is 54.8. The summed E-state index contributed by atoms with van der Waals surface area (Å²) in [6, 6.07) is 16.9. The van der Waals surface area contributed by atoms with Gasteiger partial charge in [-0.15, -0.1) is 10.2 Å². The lowest BCUT2D eigenvalue weighted by molar-refractivity contribution is -0.130. The molecule has 1 atom stereocenters. The number of aryl methyl sites for hydroxylation is 1. The summed E-state index contributed by atoms with van der Waals surface area (Å²) in [5, 5.41) is 32.0. The Morgan fingerprint density at radius 3 is 2.22 bits per heavy atom. The summed E-state index contributed by atoms with van der Waals surface area (Å²) in [6.07, 6.45) is 2.60. The number of aromatic carboxylic acids is 1. The molecule has 14 heteroatoms. The van der Waals surface area contributed by atoms with Gasteiger partial charge in [0.2, 0.25) is 17.6 Å². The molecule has 3 amide bonds. The summed E-state index contributed by atoms with van der Waals surface area (Å²) in [5.41, 5.74) is 3.72. The van der Waals surface area contributed by atoms with Gasteiger partial charge >= 0.3 is 12.1 Å². The van der Waals surface area contributed by atoms with Gasteiger partial charge in [0.25, 0.3) is 0 Å². The molecule has 0 unspecified atom stereocenters. The van der Waals surface area contributed by atoms with Gasteiger partial charge in [-0.2, -0.15) is 5.21 Å². The molecule has 1 saturated carbocycles. The third-order valence-electron chi connectivity index (χ3n) is 8.55. The Morgan fingerprint density at radius 1 is 0.940 bits per heavy atom. The lowest BCUT2D eigenvalue weighted by atomic mass is 9.81. The van der Waals surface area contributed by atoms with Crippen molar-refractivity contribution >= 4 is 29.6 Å². The topological polar surface area (TPSA) is 201 Å². The van der Waals surface area contributed by atoms with Crippen LogP contribution >= 0.6 is 0 Å². The van der Waals surface area contributed by atoms with Crippen molar-refractivity contribution in [2.45, 2.75) is 71.4 Å². The molecule has 14 nitrogen and oxygen atoms in total. The number of anilines is 1. The molecule has 0 saturated heterocycles. The maximum Gasteiger partial charge on any atom is 0.407 e. The number of nitrogens with zero attached hydrogens (tertiary/aromatic N) is 4. The highest BCUT2D eigenvalue weighted by atomic mass is 16.6. The SMILES string of the molecule is Cc1nc(C(=O)O)ccc1-c1ccc(C[C@H](NC(=O)C2CCC(CNC(=O)OC(C)(C)C)CC2)C(=O)Nc2ccc(-c3nn[nH]n3)cc2)cc1. The molecule has 2 heterocycles. The third kappa shape index (κ3) is 9.71. The van der Waals surface area contributed by atoms with Gasteiger partial charge in [0, 0.05) is 41.4 Å². The van der Waals surface area contributed by atoms with Crippen LogP contribution in [-0.4, -0.2) is 72.8 Å². The number of rotatable bonds is 11. The average molecular weight is 683 g/mol. The molecule has 50 heavy (non-hydrogen) atoms. The first kappa shape index (κ1) is 35.6. The van der Waals surface area contributed by atoms with E-state index in [9.17, 15) is 24.3 Å². The summed E-state index contributed by atoms with van der Waals surface area (Å²) in [5.74, 6) is -1.24. The Hall–Kier alpha value is -5.66. The number of ether oxygens (including phenoxy) is 1. The van der Waals surface area contributed by atoms with E-state index in [2.05, 4.69) is 41.6 Å². The summed E-state index contributed by atoms with van der Waals surface area (Å²) >= 11 is 0. The molecule has 0 spiro atoms. The summed E-state index contributed by atoms with van der Waals surface area (Å²) in [6.45, 7) is 7.68. The molecular weight excluding hydrogens is 640 g/mol. The van der Waals surface area contributed by atoms with Gasteiger partial charge in [-0.25, -0.2) is 14.6 Å². The molecule has 5 N–H and O–H groups in total. The van der Waals surface area contributed by atoms with E-state index >= 15 is 0 Å². The molecule has 1 fully saturated rings. The maximum atomic E-state index is 13.7. The van der Waals surface area contributed by atoms with Crippen LogP contribution in [0.4, 0.5) is 10.5 Å². The second-order valence-corrected chi connectivity index (χ2v) is 13.5. The van der Waals surface area contributed by atoms with E-state index < -0.39 is 23.7 Å². The normalized spacial score (nSPS) is 16.6. The fourth-order valence-electron chi connectivity index (χ4n) is 5.93. The first-order valence-corrected chi connectivity index (χ1v) is 16.6. The molecule has 0 radical (unpaired) electrons. The van der Waals surface area contributed by atoms with Crippen molar-refractivity contribution in [2.75, 3.05) is 11.9 Å². The third-order valence-corrected chi connectivity index (χ3v) is 8.55. The van der Waals surface area contributed by atoms with Crippen molar-refractivity contribution in [3.05, 3.63) is 77.6 Å².